The van der Waals surface area contributed by atoms with E-state index in [4.69, 9.17) is 0 Å². The van der Waals surface area contributed by atoms with Gasteiger partial charge in [-0.05, 0) is 24.1 Å². The molecular weight excluding hydrogens is 332 g/mol. The van der Waals surface area contributed by atoms with Gasteiger partial charge in [0.05, 0.1) is 6.54 Å². The third-order valence-electron chi connectivity index (χ3n) is 4.30. The van der Waals surface area contributed by atoms with Gasteiger partial charge in [-0.1, -0.05) is 25.1 Å². The summed E-state index contributed by atoms with van der Waals surface area (Å²) in [6.45, 7) is 8.32. The van der Waals surface area contributed by atoms with Crippen LogP contribution in [-0.4, -0.2) is 66.9 Å². The van der Waals surface area contributed by atoms with Crippen LogP contribution >= 0.6 is 0 Å². The van der Waals surface area contributed by atoms with Crippen LogP contribution in [0.2, 0.25) is 0 Å². The van der Waals surface area contributed by atoms with Gasteiger partial charge in [-0.3, -0.25) is 19.8 Å². The van der Waals surface area contributed by atoms with Gasteiger partial charge in [-0.15, -0.1) is 6.58 Å². The molecule has 1 fully saturated rings. The van der Waals surface area contributed by atoms with Crippen LogP contribution < -0.4 is 10.6 Å². The van der Waals surface area contributed by atoms with E-state index in [1.54, 1.807) is 4.90 Å². The first-order valence-electron chi connectivity index (χ1n) is 8.82. The predicted molar refractivity (Wildman–Crippen MR) is 99.9 cm³/mol. The zero-order valence-corrected chi connectivity index (χ0v) is 15.2. The van der Waals surface area contributed by atoms with E-state index >= 15 is 0 Å². The molecule has 0 saturated carbocycles. The maximum atomic E-state index is 12.5. The number of hydrogen-bond acceptors (Lipinski definition) is 4. The molecule has 1 heterocycles. The van der Waals surface area contributed by atoms with Crippen LogP contribution in [0.15, 0.2) is 36.9 Å². The smallest absolute Gasteiger partial charge is 0.321 e. The number of aryl methyl sites for hydroxylation is 1. The summed E-state index contributed by atoms with van der Waals surface area (Å²) >= 11 is 0. The molecule has 0 spiro atoms. The van der Waals surface area contributed by atoms with Crippen molar-refractivity contribution < 1.29 is 14.4 Å². The van der Waals surface area contributed by atoms with Crippen molar-refractivity contribution in [1.82, 2.24) is 20.4 Å². The summed E-state index contributed by atoms with van der Waals surface area (Å²) < 4.78 is 0. The van der Waals surface area contributed by atoms with E-state index < -0.39 is 6.03 Å². The Morgan fingerprint density at radius 1 is 1.12 bits per heavy atom. The number of nitrogens with one attached hydrogen (secondary N) is 2. The molecule has 2 rings (SSSR count). The molecule has 0 unspecified atom stereocenters. The lowest BCUT2D eigenvalue weighted by atomic mass is 10.1. The Morgan fingerprint density at radius 2 is 1.77 bits per heavy atom. The summed E-state index contributed by atoms with van der Waals surface area (Å²) in [5.41, 5.74) is 1.89. The fourth-order valence-corrected chi connectivity index (χ4v) is 2.75. The largest absolute Gasteiger partial charge is 0.336 e. The van der Waals surface area contributed by atoms with Gasteiger partial charge in [-0.25, -0.2) is 4.79 Å². The van der Waals surface area contributed by atoms with Crippen molar-refractivity contribution in [2.24, 2.45) is 0 Å². The van der Waals surface area contributed by atoms with Crippen molar-refractivity contribution >= 4 is 17.8 Å². The lowest BCUT2D eigenvalue weighted by molar-refractivity contribution is -0.121. The van der Waals surface area contributed by atoms with Gasteiger partial charge < -0.3 is 10.2 Å². The highest BCUT2D eigenvalue weighted by atomic mass is 16.2. The van der Waals surface area contributed by atoms with Gasteiger partial charge in [0.25, 0.3) is 5.91 Å². The zero-order valence-electron chi connectivity index (χ0n) is 15.2. The maximum Gasteiger partial charge on any atom is 0.321 e. The lowest BCUT2D eigenvalue weighted by Crippen LogP contribution is -2.52. The first kappa shape index (κ1) is 19.7. The first-order valence-corrected chi connectivity index (χ1v) is 8.82. The highest BCUT2D eigenvalue weighted by Crippen LogP contribution is 2.10. The number of carbonyl (C=O) groups is 3. The van der Waals surface area contributed by atoms with Crippen LogP contribution in [0, 0.1) is 0 Å². The van der Waals surface area contributed by atoms with Crippen LogP contribution in [0.3, 0.4) is 0 Å². The highest BCUT2D eigenvalue weighted by molar-refractivity contribution is 5.95. The van der Waals surface area contributed by atoms with Crippen LogP contribution in [0.4, 0.5) is 4.79 Å². The van der Waals surface area contributed by atoms with Gasteiger partial charge in [0.1, 0.15) is 0 Å². The quantitative estimate of drug-likeness (QED) is 0.744. The number of hydrogen-bond donors (Lipinski definition) is 2. The van der Waals surface area contributed by atoms with E-state index in [0.717, 1.165) is 6.42 Å². The fraction of sp³-hybridized carbons (Fsp3) is 0.421. The summed E-state index contributed by atoms with van der Waals surface area (Å²) in [6, 6.07) is 7.15. The van der Waals surface area contributed by atoms with Crippen molar-refractivity contribution in [3.05, 3.63) is 48.0 Å². The fourth-order valence-electron chi connectivity index (χ4n) is 2.75. The average molecular weight is 358 g/mol. The van der Waals surface area contributed by atoms with Crippen molar-refractivity contribution in [1.29, 1.82) is 0 Å². The Kier molecular flexibility index (Phi) is 7.35. The minimum absolute atomic E-state index is 0.0144. The molecular formula is C19H26N4O3. The van der Waals surface area contributed by atoms with Gasteiger partial charge in [0.15, 0.2) is 0 Å². The summed E-state index contributed by atoms with van der Waals surface area (Å²) in [7, 11) is 0. The van der Waals surface area contributed by atoms with Crippen LogP contribution in [-0.2, 0) is 11.2 Å². The molecule has 140 valence electrons. The second kappa shape index (κ2) is 9.72. The second-order valence-corrected chi connectivity index (χ2v) is 6.17. The van der Waals surface area contributed by atoms with Crippen LogP contribution in [0.5, 0.6) is 0 Å². The second-order valence-electron chi connectivity index (χ2n) is 6.17. The molecule has 0 bridgehead atoms. The monoisotopic (exact) mass is 358 g/mol. The summed E-state index contributed by atoms with van der Waals surface area (Å²) in [4.78, 5) is 39.6. The van der Waals surface area contributed by atoms with Crippen LogP contribution in [0.1, 0.15) is 22.8 Å². The molecule has 4 amide bonds. The molecule has 7 nitrogen and oxygen atoms in total. The first-order chi connectivity index (χ1) is 12.5. The molecule has 1 aliphatic heterocycles. The minimum Gasteiger partial charge on any atom is -0.336 e. The Bertz CT molecular complexity index is 649. The molecule has 1 saturated heterocycles. The predicted octanol–water partition coefficient (Wildman–Crippen LogP) is 1.02. The molecule has 7 heteroatoms. The van der Waals surface area contributed by atoms with Crippen molar-refractivity contribution in [2.75, 3.05) is 39.3 Å². The molecule has 26 heavy (non-hydrogen) atoms. The maximum absolute atomic E-state index is 12.5. The Hall–Kier alpha value is -2.67. The Balaban J connectivity index is 1.77. The minimum atomic E-state index is -0.528. The molecule has 0 atom stereocenters. The molecule has 0 aromatic heterocycles. The summed E-state index contributed by atoms with van der Waals surface area (Å²) in [6.07, 6.45) is 2.48. The van der Waals surface area contributed by atoms with E-state index in [-0.39, 0.29) is 18.4 Å². The number of amides is 4. The van der Waals surface area contributed by atoms with Crippen molar-refractivity contribution in [2.45, 2.75) is 13.3 Å². The number of imide groups is 1. The van der Waals surface area contributed by atoms with Crippen molar-refractivity contribution in [3.8, 4) is 0 Å². The number of carbonyl (C=O) groups excluding carboxylic acids is 3. The van der Waals surface area contributed by atoms with Gasteiger partial charge in [0.2, 0.25) is 5.91 Å². The molecule has 1 aromatic carbocycles. The standard InChI is InChI=1S/C19H26N4O3/c1-3-9-20-19(26)21-17(24)14-22-10-12-23(13-11-22)18(25)16-7-5-15(4-2)6-8-16/h3,5-8H,1,4,9-14H2,2H3,(H2,20,21,24,26). The molecule has 1 aromatic rings. The highest BCUT2D eigenvalue weighted by Gasteiger charge is 2.23. The molecule has 2 N–H and O–H groups in total. The van der Waals surface area contributed by atoms with Gasteiger partial charge in [0, 0.05) is 38.3 Å². The van der Waals surface area contributed by atoms with Gasteiger partial charge in [-0.2, -0.15) is 0 Å². The number of rotatable bonds is 6. The summed E-state index contributed by atoms with van der Waals surface area (Å²) in [5.74, 6) is -0.345. The Morgan fingerprint density at radius 3 is 2.35 bits per heavy atom. The third-order valence-corrected chi connectivity index (χ3v) is 4.30. The Labute approximate surface area is 154 Å². The summed E-state index contributed by atoms with van der Waals surface area (Å²) in [5, 5.41) is 4.76. The number of nitrogens with zero attached hydrogens (tertiary/aromatic N) is 2. The van der Waals surface area contributed by atoms with Gasteiger partial charge >= 0.3 is 6.03 Å². The SMILES string of the molecule is C=CCNC(=O)NC(=O)CN1CCN(C(=O)c2ccc(CC)cc2)CC1. The van der Waals surface area contributed by atoms with Crippen molar-refractivity contribution in [3.63, 3.8) is 0 Å². The number of urea groups is 1. The third kappa shape index (κ3) is 5.70. The number of piperazine rings is 1. The van der Waals surface area contributed by atoms with E-state index in [1.807, 2.05) is 29.2 Å². The molecule has 0 radical (unpaired) electrons. The van der Waals surface area contributed by atoms with E-state index in [0.29, 0.717) is 38.3 Å². The van der Waals surface area contributed by atoms with Crippen LogP contribution in [0.25, 0.3) is 0 Å². The lowest BCUT2D eigenvalue weighted by Gasteiger charge is -2.34. The number of benzene rings is 1. The zero-order chi connectivity index (χ0) is 18.9. The van der Waals surface area contributed by atoms with E-state index in [9.17, 15) is 14.4 Å². The van der Waals surface area contributed by atoms with E-state index in [2.05, 4.69) is 24.1 Å². The average Bonchev–Trinajstić information content (AvgIpc) is 2.66. The topological polar surface area (TPSA) is 81.8 Å². The molecule has 1 aliphatic rings. The van der Waals surface area contributed by atoms with E-state index in [1.165, 1.54) is 11.6 Å². The normalized spacial score (nSPS) is 14.6. The molecule has 0 aliphatic carbocycles.